The molecule has 0 N–H and O–H groups in total. The second-order valence-electron chi connectivity index (χ2n) is 4.43. The number of pyridine rings is 1. The van der Waals surface area contributed by atoms with Crippen LogP contribution in [0.5, 0.6) is 0 Å². The van der Waals surface area contributed by atoms with Crippen molar-refractivity contribution in [3.8, 4) is 17.1 Å². The molecule has 0 unspecified atom stereocenters. The SMILES string of the molecule is FC(F)(F)c1cc(Cl)nc(-n2nncc2-c2ccccc2)c1. The molecule has 22 heavy (non-hydrogen) atoms. The monoisotopic (exact) mass is 324 g/mol. The Morgan fingerprint density at radius 1 is 1.05 bits per heavy atom. The largest absolute Gasteiger partial charge is 0.416 e. The third kappa shape index (κ3) is 2.80. The van der Waals surface area contributed by atoms with Gasteiger partial charge in [0.05, 0.1) is 17.5 Å². The summed E-state index contributed by atoms with van der Waals surface area (Å²) in [5.74, 6) is -0.0452. The van der Waals surface area contributed by atoms with E-state index in [1.165, 1.54) is 10.9 Å². The summed E-state index contributed by atoms with van der Waals surface area (Å²) in [6, 6.07) is 10.7. The van der Waals surface area contributed by atoms with Crippen molar-refractivity contribution in [3.63, 3.8) is 0 Å². The zero-order chi connectivity index (χ0) is 15.7. The summed E-state index contributed by atoms with van der Waals surface area (Å²) < 4.78 is 39.9. The highest BCUT2D eigenvalue weighted by Crippen LogP contribution is 2.32. The van der Waals surface area contributed by atoms with Crippen molar-refractivity contribution < 1.29 is 13.2 Å². The minimum absolute atomic E-state index is 0.0452. The Labute approximate surface area is 128 Å². The lowest BCUT2D eigenvalue weighted by Gasteiger charge is -2.10. The number of alkyl halides is 3. The molecule has 0 spiro atoms. The maximum absolute atomic E-state index is 12.9. The van der Waals surface area contributed by atoms with E-state index in [2.05, 4.69) is 15.3 Å². The molecular formula is C14H8ClF3N4. The van der Waals surface area contributed by atoms with E-state index >= 15 is 0 Å². The fourth-order valence-corrected chi connectivity index (χ4v) is 2.17. The Balaban J connectivity index is 2.14. The molecular weight excluding hydrogens is 317 g/mol. The molecule has 0 fully saturated rings. The van der Waals surface area contributed by atoms with Crippen LogP contribution in [0.2, 0.25) is 5.15 Å². The van der Waals surface area contributed by atoms with E-state index in [0.29, 0.717) is 5.69 Å². The van der Waals surface area contributed by atoms with Gasteiger partial charge in [0.2, 0.25) is 0 Å². The normalized spacial score (nSPS) is 11.6. The van der Waals surface area contributed by atoms with Gasteiger partial charge in [0, 0.05) is 5.56 Å². The van der Waals surface area contributed by atoms with E-state index in [0.717, 1.165) is 17.7 Å². The van der Waals surface area contributed by atoms with Crippen LogP contribution in [-0.4, -0.2) is 20.0 Å². The number of nitrogens with zero attached hydrogens (tertiary/aromatic N) is 4. The van der Waals surface area contributed by atoms with Gasteiger partial charge < -0.3 is 0 Å². The Kier molecular flexibility index (Phi) is 3.58. The molecule has 2 aromatic heterocycles. The Morgan fingerprint density at radius 3 is 2.45 bits per heavy atom. The summed E-state index contributed by atoms with van der Waals surface area (Å²) in [5, 5.41) is 7.29. The van der Waals surface area contributed by atoms with Crippen molar-refractivity contribution in [1.82, 2.24) is 20.0 Å². The average Bonchev–Trinajstić information content (AvgIpc) is 2.96. The molecule has 3 rings (SSSR count). The summed E-state index contributed by atoms with van der Waals surface area (Å²) in [5.41, 5.74) is 0.378. The fourth-order valence-electron chi connectivity index (χ4n) is 1.97. The molecule has 2 heterocycles. The lowest BCUT2D eigenvalue weighted by atomic mass is 10.1. The first-order valence-corrected chi connectivity index (χ1v) is 6.54. The van der Waals surface area contributed by atoms with Gasteiger partial charge in [-0.15, -0.1) is 5.10 Å². The van der Waals surface area contributed by atoms with Crippen LogP contribution in [0.3, 0.4) is 0 Å². The third-order valence-corrected chi connectivity index (χ3v) is 3.14. The predicted molar refractivity (Wildman–Crippen MR) is 74.6 cm³/mol. The minimum Gasteiger partial charge on any atom is -0.217 e. The van der Waals surface area contributed by atoms with Gasteiger partial charge in [0.1, 0.15) is 5.15 Å². The van der Waals surface area contributed by atoms with Gasteiger partial charge >= 0.3 is 6.18 Å². The minimum atomic E-state index is -4.52. The summed E-state index contributed by atoms with van der Waals surface area (Å²) in [4.78, 5) is 3.90. The molecule has 0 saturated carbocycles. The van der Waals surface area contributed by atoms with Crippen LogP contribution < -0.4 is 0 Å². The molecule has 0 aliphatic rings. The lowest BCUT2D eigenvalue weighted by Crippen LogP contribution is -2.09. The molecule has 0 saturated heterocycles. The number of aromatic nitrogens is 4. The fraction of sp³-hybridized carbons (Fsp3) is 0.0714. The number of hydrogen-bond donors (Lipinski definition) is 0. The van der Waals surface area contributed by atoms with Crippen LogP contribution in [0.1, 0.15) is 5.56 Å². The van der Waals surface area contributed by atoms with Crippen LogP contribution in [-0.2, 0) is 6.18 Å². The molecule has 0 atom stereocenters. The maximum atomic E-state index is 12.9. The second kappa shape index (κ2) is 5.42. The first kappa shape index (κ1) is 14.5. The molecule has 8 heteroatoms. The van der Waals surface area contributed by atoms with Crippen LogP contribution in [0.4, 0.5) is 13.2 Å². The van der Waals surface area contributed by atoms with Crippen LogP contribution in [0, 0.1) is 0 Å². The van der Waals surface area contributed by atoms with E-state index in [4.69, 9.17) is 11.6 Å². The zero-order valence-corrected chi connectivity index (χ0v) is 11.7. The van der Waals surface area contributed by atoms with Gasteiger partial charge in [-0.1, -0.05) is 47.1 Å². The number of halogens is 4. The Morgan fingerprint density at radius 2 is 1.77 bits per heavy atom. The quantitative estimate of drug-likeness (QED) is 0.669. The van der Waals surface area contributed by atoms with Gasteiger partial charge in [0.15, 0.2) is 5.82 Å². The standard InChI is InChI=1S/C14H8ClF3N4/c15-12-6-10(14(16,17)18)7-13(20-12)22-11(8-19-21-22)9-4-2-1-3-5-9/h1-8H. The number of rotatable bonds is 2. The third-order valence-electron chi connectivity index (χ3n) is 2.94. The highest BCUT2D eigenvalue weighted by molar-refractivity contribution is 6.29. The summed E-state index contributed by atoms with van der Waals surface area (Å²) in [6.07, 6.45) is -3.07. The van der Waals surface area contributed by atoms with Crippen LogP contribution in [0.25, 0.3) is 17.1 Å². The molecule has 4 nitrogen and oxygen atoms in total. The molecule has 3 aromatic rings. The number of hydrogen-bond acceptors (Lipinski definition) is 3. The molecule has 0 radical (unpaired) electrons. The Hall–Kier alpha value is -2.41. The van der Waals surface area contributed by atoms with E-state index in [-0.39, 0.29) is 11.0 Å². The van der Waals surface area contributed by atoms with E-state index < -0.39 is 11.7 Å². The van der Waals surface area contributed by atoms with Gasteiger partial charge in [-0.05, 0) is 12.1 Å². The van der Waals surface area contributed by atoms with Crippen molar-refractivity contribution >= 4 is 11.6 Å². The molecule has 112 valence electrons. The van der Waals surface area contributed by atoms with Gasteiger partial charge in [-0.2, -0.15) is 17.9 Å². The van der Waals surface area contributed by atoms with E-state index in [1.54, 1.807) is 24.3 Å². The van der Waals surface area contributed by atoms with Crippen molar-refractivity contribution in [3.05, 3.63) is 59.4 Å². The highest BCUT2D eigenvalue weighted by Gasteiger charge is 2.32. The van der Waals surface area contributed by atoms with Crippen molar-refractivity contribution in [1.29, 1.82) is 0 Å². The highest BCUT2D eigenvalue weighted by atomic mass is 35.5. The van der Waals surface area contributed by atoms with E-state index in [9.17, 15) is 13.2 Å². The van der Waals surface area contributed by atoms with Gasteiger partial charge in [-0.25, -0.2) is 4.98 Å². The molecule has 0 amide bonds. The van der Waals surface area contributed by atoms with Gasteiger partial charge in [-0.3, -0.25) is 0 Å². The van der Waals surface area contributed by atoms with Crippen molar-refractivity contribution in [2.75, 3.05) is 0 Å². The average molecular weight is 325 g/mol. The second-order valence-corrected chi connectivity index (χ2v) is 4.82. The zero-order valence-electron chi connectivity index (χ0n) is 10.9. The summed E-state index contributed by atoms with van der Waals surface area (Å²) in [6.45, 7) is 0. The maximum Gasteiger partial charge on any atom is 0.416 e. The molecule has 0 aliphatic carbocycles. The lowest BCUT2D eigenvalue weighted by molar-refractivity contribution is -0.137. The first-order chi connectivity index (χ1) is 10.4. The molecule has 0 aliphatic heterocycles. The van der Waals surface area contributed by atoms with Crippen molar-refractivity contribution in [2.45, 2.75) is 6.18 Å². The predicted octanol–water partition coefficient (Wildman–Crippen LogP) is 4.00. The summed E-state index contributed by atoms with van der Waals surface area (Å²) >= 11 is 5.70. The van der Waals surface area contributed by atoms with Gasteiger partial charge in [0.25, 0.3) is 0 Å². The smallest absolute Gasteiger partial charge is 0.217 e. The van der Waals surface area contributed by atoms with E-state index in [1.807, 2.05) is 6.07 Å². The molecule has 0 bridgehead atoms. The van der Waals surface area contributed by atoms with Crippen LogP contribution in [0.15, 0.2) is 48.7 Å². The number of benzene rings is 1. The molecule has 1 aromatic carbocycles. The first-order valence-electron chi connectivity index (χ1n) is 6.16. The summed E-state index contributed by atoms with van der Waals surface area (Å²) in [7, 11) is 0. The topological polar surface area (TPSA) is 43.6 Å². The Bertz CT molecular complexity index is 799. The van der Waals surface area contributed by atoms with Crippen molar-refractivity contribution in [2.24, 2.45) is 0 Å². The van der Waals surface area contributed by atoms with Crippen LogP contribution >= 0.6 is 11.6 Å².